The maximum Gasteiger partial charge on any atom is 0.189 e. The molecule has 3 nitrogen and oxygen atoms in total. The van der Waals surface area contributed by atoms with E-state index < -0.39 is 11.2 Å². The van der Waals surface area contributed by atoms with Crippen LogP contribution in [-0.2, 0) is 14.6 Å². The van der Waals surface area contributed by atoms with Crippen LogP contribution < -0.4 is 0 Å². The summed E-state index contributed by atoms with van der Waals surface area (Å²) in [5.74, 6) is -0.197. The van der Waals surface area contributed by atoms with Crippen LogP contribution in [0.1, 0.15) is 34.6 Å². The fraction of sp³-hybridized carbons (Fsp3) is 0.700. The molecule has 0 aliphatic carbocycles. The molecule has 0 rings (SSSR count). The number of rotatable bonds is 4. The Balaban J connectivity index is 4.19. The van der Waals surface area contributed by atoms with Gasteiger partial charge in [-0.1, -0.05) is 6.58 Å². The van der Waals surface area contributed by atoms with Crippen LogP contribution in [0.2, 0.25) is 0 Å². The topological polar surface area (TPSA) is 35.5 Å². The summed E-state index contributed by atoms with van der Waals surface area (Å²) in [4.78, 5) is 21.3. The first kappa shape index (κ1) is 12.3. The molecule has 0 aliphatic heterocycles. The molecule has 13 heavy (non-hydrogen) atoms. The molecule has 0 spiro atoms. The molecular formula is C10H18O3. The Hall–Kier alpha value is -0.670. The van der Waals surface area contributed by atoms with Gasteiger partial charge in [0.25, 0.3) is 0 Å². The third kappa shape index (κ3) is 4.80. The fourth-order valence-electron chi connectivity index (χ4n) is 0.516. The maximum absolute atomic E-state index is 11.2. The first-order valence-electron chi connectivity index (χ1n) is 4.23. The smallest absolute Gasteiger partial charge is 0.189 e. The lowest BCUT2D eigenvalue weighted by Crippen LogP contribution is -2.36. The van der Waals surface area contributed by atoms with Gasteiger partial charge in [0.2, 0.25) is 0 Å². The summed E-state index contributed by atoms with van der Waals surface area (Å²) in [5, 5.41) is 0. The minimum Gasteiger partial charge on any atom is -0.291 e. The van der Waals surface area contributed by atoms with E-state index in [-0.39, 0.29) is 5.78 Å². The highest BCUT2D eigenvalue weighted by Gasteiger charge is 2.29. The van der Waals surface area contributed by atoms with Gasteiger partial charge in [0.15, 0.2) is 11.4 Å². The number of ketones is 1. The Morgan fingerprint density at radius 3 is 1.92 bits per heavy atom. The Bertz CT molecular complexity index is 199. The van der Waals surface area contributed by atoms with E-state index >= 15 is 0 Å². The highest BCUT2D eigenvalue weighted by atomic mass is 17.2. The van der Waals surface area contributed by atoms with Gasteiger partial charge in [-0.15, -0.1) is 0 Å². The molecular weight excluding hydrogens is 168 g/mol. The molecule has 0 saturated heterocycles. The second-order valence-electron chi connectivity index (χ2n) is 4.36. The van der Waals surface area contributed by atoms with Crippen molar-refractivity contribution in [3.63, 3.8) is 0 Å². The van der Waals surface area contributed by atoms with Crippen molar-refractivity contribution in [1.29, 1.82) is 0 Å². The summed E-state index contributed by atoms with van der Waals surface area (Å²) in [6.07, 6.45) is 1.23. The van der Waals surface area contributed by atoms with E-state index in [9.17, 15) is 4.79 Å². The standard InChI is InChI=1S/C10H18O3/c1-7-8(11)10(5,6)13-12-9(2,3)4/h7H,1H2,2-6H3. The van der Waals surface area contributed by atoms with Gasteiger partial charge in [0.1, 0.15) is 0 Å². The van der Waals surface area contributed by atoms with Gasteiger partial charge in [-0.05, 0) is 40.7 Å². The molecule has 0 N–H and O–H groups in total. The van der Waals surface area contributed by atoms with Crippen molar-refractivity contribution in [2.75, 3.05) is 0 Å². The zero-order valence-corrected chi connectivity index (χ0v) is 9.01. The van der Waals surface area contributed by atoms with Gasteiger partial charge in [-0.2, -0.15) is 0 Å². The normalized spacial score (nSPS) is 12.7. The van der Waals surface area contributed by atoms with Crippen molar-refractivity contribution < 1.29 is 14.6 Å². The summed E-state index contributed by atoms with van der Waals surface area (Å²) in [6.45, 7) is 12.2. The molecule has 0 aromatic carbocycles. The average Bonchev–Trinajstić information content (AvgIpc) is 1.98. The van der Waals surface area contributed by atoms with E-state index in [2.05, 4.69) is 6.58 Å². The number of hydrogen-bond acceptors (Lipinski definition) is 3. The lowest BCUT2D eigenvalue weighted by molar-refractivity contribution is -0.386. The Labute approximate surface area is 79.7 Å². The van der Waals surface area contributed by atoms with Crippen molar-refractivity contribution in [3.8, 4) is 0 Å². The summed E-state index contributed by atoms with van der Waals surface area (Å²) >= 11 is 0. The molecule has 0 heterocycles. The zero-order valence-electron chi connectivity index (χ0n) is 9.01. The first-order chi connectivity index (χ1) is 5.69. The molecule has 0 bridgehead atoms. The third-order valence-corrected chi connectivity index (χ3v) is 1.28. The van der Waals surface area contributed by atoms with Crippen molar-refractivity contribution in [2.45, 2.75) is 45.8 Å². The van der Waals surface area contributed by atoms with Crippen LogP contribution in [0.4, 0.5) is 0 Å². The quantitative estimate of drug-likeness (QED) is 0.384. The largest absolute Gasteiger partial charge is 0.291 e. The van der Waals surface area contributed by atoms with Crippen LogP contribution in [0.3, 0.4) is 0 Å². The Morgan fingerprint density at radius 2 is 1.62 bits per heavy atom. The molecule has 0 unspecified atom stereocenters. The maximum atomic E-state index is 11.2. The monoisotopic (exact) mass is 186 g/mol. The van der Waals surface area contributed by atoms with Gasteiger partial charge >= 0.3 is 0 Å². The minimum absolute atomic E-state index is 0.197. The molecule has 0 amide bonds. The number of carbonyl (C=O) groups excluding carboxylic acids is 1. The van der Waals surface area contributed by atoms with Crippen molar-refractivity contribution in [3.05, 3.63) is 12.7 Å². The minimum atomic E-state index is -0.963. The van der Waals surface area contributed by atoms with E-state index in [1.807, 2.05) is 20.8 Å². The van der Waals surface area contributed by atoms with Crippen molar-refractivity contribution >= 4 is 5.78 Å². The second kappa shape index (κ2) is 4.03. The van der Waals surface area contributed by atoms with Crippen LogP contribution in [0, 0.1) is 0 Å². The predicted octanol–water partition coefficient (Wildman–Crippen LogP) is 2.27. The number of carbonyl (C=O) groups is 1. The molecule has 0 radical (unpaired) electrons. The van der Waals surface area contributed by atoms with E-state index in [0.29, 0.717) is 0 Å². The highest BCUT2D eigenvalue weighted by Crippen LogP contribution is 2.17. The first-order valence-corrected chi connectivity index (χ1v) is 4.23. The Kier molecular flexibility index (Phi) is 3.82. The van der Waals surface area contributed by atoms with Gasteiger partial charge < -0.3 is 0 Å². The van der Waals surface area contributed by atoms with Gasteiger partial charge in [-0.3, -0.25) is 4.79 Å². The molecule has 0 aromatic rings. The second-order valence-corrected chi connectivity index (χ2v) is 4.36. The molecule has 0 saturated carbocycles. The van der Waals surface area contributed by atoms with E-state index in [4.69, 9.17) is 9.78 Å². The SMILES string of the molecule is C=CC(=O)C(C)(C)OOC(C)(C)C. The van der Waals surface area contributed by atoms with E-state index in [1.165, 1.54) is 6.08 Å². The molecule has 0 aliphatic rings. The third-order valence-electron chi connectivity index (χ3n) is 1.28. The molecule has 0 atom stereocenters. The zero-order chi connectivity index (χ0) is 10.7. The van der Waals surface area contributed by atoms with Gasteiger partial charge in [-0.25, -0.2) is 9.78 Å². The van der Waals surface area contributed by atoms with Crippen LogP contribution in [0.15, 0.2) is 12.7 Å². The van der Waals surface area contributed by atoms with E-state index in [1.54, 1.807) is 13.8 Å². The van der Waals surface area contributed by atoms with Crippen LogP contribution >= 0.6 is 0 Å². The van der Waals surface area contributed by atoms with E-state index in [0.717, 1.165) is 0 Å². The number of hydrogen-bond donors (Lipinski definition) is 0. The van der Waals surface area contributed by atoms with Crippen LogP contribution in [-0.4, -0.2) is 17.0 Å². The lowest BCUT2D eigenvalue weighted by atomic mass is 10.0. The average molecular weight is 186 g/mol. The summed E-state index contributed by atoms with van der Waals surface area (Å²) in [7, 11) is 0. The van der Waals surface area contributed by atoms with Crippen LogP contribution in [0.25, 0.3) is 0 Å². The Morgan fingerprint density at radius 1 is 1.15 bits per heavy atom. The highest BCUT2D eigenvalue weighted by molar-refractivity contribution is 5.95. The molecule has 0 aromatic heterocycles. The summed E-state index contributed by atoms with van der Waals surface area (Å²) in [6, 6.07) is 0. The summed E-state index contributed by atoms with van der Waals surface area (Å²) in [5.41, 5.74) is -1.38. The van der Waals surface area contributed by atoms with Gasteiger partial charge in [0.05, 0.1) is 5.60 Å². The molecule has 3 heteroatoms. The lowest BCUT2D eigenvalue weighted by Gasteiger charge is -2.26. The summed E-state index contributed by atoms with van der Waals surface area (Å²) < 4.78 is 0. The molecule has 76 valence electrons. The fourth-order valence-corrected chi connectivity index (χ4v) is 0.516. The van der Waals surface area contributed by atoms with Crippen molar-refractivity contribution in [2.24, 2.45) is 0 Å². The van der Waals surface area contributed by atoms with Gasteiger partial charge in [0, 0.05) is 0 Å². The molecule has 0 fully saturated rings. The van der Waals surface area contributed by atoms with Crippen molar-refractivity contribution in [1.82, 2.24) is 0 Å². The predicted molar refractivity (Wildman–Crippen MR) is 51.2 cm³/mol. The van der Waals surface area contributed by atoms with Crippen LogP contribution in [0.5, 0.6) is 0 Å².